The van der Waals surface area contributed by atoms with Crippen LogP contribution in [0, 0.1) is 0 Å². The fraction of sp³-hybridized carbons (Fsp3) is 0.385. The molecule has 35 heavy (non-hydrogen) atoms. The van der Waals surface area contributed by atoms with E-state index in [1.807, 2.05) is 51.1 Å². The van der Waals surface area contributed by atoms with Crippen molar-refractivity contribution in [3.8, 4) is 11.1 Å². The Morgan fingerprint density at radius 2 is 1.74 bits per heavy atom. The number of anilines is 1. The number of likely N-dealkylation sites (tertiary alicyclic amines) is 1. The van der Waals surface area contributed by atoms with Crippen molar-refractivity contribution in [2.45, 2.75) is 52.1 Å². The molecule has 1 aliphatic heterocycles. The van der Waals surface area contributed by atoms with Crippen LogP contribution in [0.1, 0.15) is 62.5 Å². The van der Waals surface area contributed by atoms with Crippen molar-refractivity contribution >= 4 is 34.5 Å². The lowest BCUT2D eigenvalue weighted by Crippen LogP contribution is -2.41. The molecule has 3 amide bonds. The van der Waals surface area contributed by atoms with E-state index >= 15 is 0 Å². The van der Waals surface area contributed by atoms with Crippen LogP contribution in [0.3, 0.4) is 0 Å². The first kappa shape index (κ1) is 24.3. The largest absolute Gasteiger partial charge is 0.444 e. The van der Waals surface area contributed by atoms with Crippen molar-refractivity contribution < 1.29 is 19.1 Å². The zero-order valence-electron chi connectivity index (χ0n) is 20.5. The van der Waals surface area contributed by atoms with Gasteiger partial charge in [-0.2, -0.15) is 5.10 Å². The van der Waals surface area contributed by atoms with Gasteiger partial charge in [-0.3, -0.25) is 14.7 Å². The number of aromatic amines is 1. The Kier molecular flexibility index (Phi) is 6.51. The van der Waals surface area contributed by atoms with Crippen molar-refractivity contribution in [2.24, 2.45) is 5.73 Å². The molecule has 4 N–H and O–H groups in total. The van der Waals surface area contributed by atoms with Gasteiger partial charge >= 0.3 is 6.09 Å². The van der Waals surface area contributed by atoms with E-state index < -0.39 is 11.5 Å². The summed E-state index contributed by atoms with van der Waals surface area (Å²) < 4.78 is 5.50. The lowest BCUT2D eigenvalue weighted by molar-refractivity contribution is -0.114. The number of ether oxygens (including phenoxy) is 1. The smallest absolute Gasteiger partial charge is 0.410 e. The molecule has 0 aliphatic carbocycles. The average Bonchev–Trinajstić information content (AvgIpc) is 3.21. The Bertz CT molecular complexity index is 1270. The van der Waals surface area contributed by atoms with Crippen LogP contribution >= 0.6 is 0 Å². The molecule has 9 nitrogen and oxygen atoms in total. The second-order valence-corrected chi connectivity index (χ2v) is 9.92. The van der Waals surface area contributed by atoms with Gasteiger partial charge in [0.2, 0.25) is 5.91 Å². The molecule has 1 fully saturated rings. The highest BCUT2D eigenvalue weighted by atomic mass is 16.6. The number of rotatable bonds is 4. The van der Waals surface area contributed by atoms with Gasteiger partial charge in [0.1, 0.15) is 11.1 Å². The molecule has 184 valence electrons. The fourth-order valence-electron chi connectivity index (χ4n) is 4.43. The van der Waals surface area contributed by atoms with Crippen LogP contribution in [0.15, 0.2) is 36.4 Å². The highest BCUT2D eigenvalue weighted by molar-refractivity contribution is 6.07. The van der Waals surface area contributed by atoms with Gasteiger partial charge in [-0.05, 0) is 69.0 Å². The molecule has 0 unspecified atom stereocenters. The maximum atomic E-state index is 12.4. The van der Waals surface area contributed by atoms with E-state index in [0.29, 0.717) is 29.9 Å². The summed E-state index contributed by atoms with van der Waals surface area (Å²) in [5.41, 5.74) is 9.39. The number of carbonyl (C=O) groups is 3. The zero-order valence-corrected chi connectivity index (χ0v) is 20.5. The number of nitrogens with one attached hydrogen (secondary N) is 2. The van der Waals surface area contributed by atoms with Crippen molar-refractivity contribution in [2.75, 3.05) is 18.4 Å². The monoisotopic (exact) mass is 477 g/mol. The van der Waals surface area contributed by atoms with E-state index in [2.05, 4.69) is 15.5 Å². The van der Waals surface area contributed by atoms with E-state index in [0.717, 1.165) is 35.0 Å². The van der Waals surface area contributed by atoms with Crippen molar-refractivity contribution in [3.63, 3.8) is 0 Å². The minimum Gasteiger partial charge on any atom is -0.444 e. The highest BCUT2D eigenvalue weighted by Crippen LogP contribution is 2.36. The third-order valence-corrected chi connectivity index (χ3v) is 6.05. The highest BCUT2D eigenvalue weighted by Gasteiger charge is 2.29. The lowest BCUT2D eigenvalue weighted by atomic mass is 9.90. The molecule has 0 bridgehead atoms. The predicted molar refractivity (Wildman–Crippen MR) is 134 cm³/mol. The third-order valence-electron chi connectivity index (χ3n) is 6.05. The van der Waals surface area contributed by atoms with Crippen LogP contribution in [-0.2, 0) is 9.53 Å². The molecule has 1 aliphatic rings. The molecule has 3 aromatic rings. The van der Waals surface area contributed by atoms with Crippen LogP contribution in [0.2, 0.25) is 0 Å². The number of fused-ring (bicyclic) bond motifs is 1. The summed E-state index contributed by atoms with van der Waals surface area (Å²) in [5.74, 6) is -0.544. The molecule has 0 radical (unpaired) electrons. The Morgan fingerprint density at radius 1 is 1.09 bits per heavy atom. The summed E-state index contributed by atoms with van der Waals surface area (Å²) in [6.45, 7) is 8.18. The topological polar surface area (TPSA) is 130 Å². The summed E-state index contributed by atoms with van der Waals surface area (Å²) in [5, 5.41) is 11.1. The molecule has 2 aromatic carbocycles. The Hall–Kier alpha value is -3.88. The third kappa shape index (κ3) is 5.45. The van der Waals surface area contributed by atoms with Crippen LogP contribution in [-0.4, -0.2) is 51.7 Å². The number of primary amides is 1. The lowest BCUT2D eigenvalue weighted by Gasteiger charge is -2.33. The number of carbonyl (C=O) groups excluding carboxylic acids is 3. The average molecular weight is 478 g/mol. The van der Waals surface area contributed by atoms with Crippen molar-refractivity contribution in [1.29, 1.82) is 0 Å². The fourth-order valence-corrected chi connectivity index (χ4v) is 4.43. The summed E-state index contributed by atoms with van der Waals surface area (Å²) in [4.78, 5) is 37.7. The number of hydrogen-bond acceptors (Lipinski definition) is 5. The second kappa shape index (κ2) is 9.40. The quantitative estimate of drug-likeness (QED) is 0.513. The molecular formula is C26H31N5O4. The Morgan fingerprint density at radius 3 is 2.31 bits per heavy atom. The van der Waals surface area contributed by atoms with Gasteiger partial charge in [0.15, 0.2) is 0 Å². The molecule has 2 heterocycles. The normalized spacial score (nSPS) is 14.7. The first-order chi connectivity index (χ1) is 16.5. The molecule has 0 saturated carbocycles. The number of benzene rings is 2. The van der Waals surface area contributed by atoms with Gasteiger partial charge in [0.25, 0.3) is 5.91 Å². The molecule has 1 aromatic heterocycles. The van der Waals surface area contributed by atoms with Gasteiger partial charge in [-0.1, -0.05) is 12.1 Å². The number of aromatic nitrogens is 2. The van der Waals surface area contributed by atoms with Gasteiger partial charge in [0, 0.05) is 42.7 Å². The molecule has 4 rings (SSSR count). The van der Waals surface area contributed by atoms with Crippen molar-refractivity contribution in [1.82, 2.24) is 15.1 Å². The Balaban J connectivity index is 1.62. The number of nitrogens with zero attached hydrogens (tertiary/aromatic N) is 2. The number of nitrogens with two attached hydrogens (primary N) is 1. The zero-order chi connectivity index (χ0) is 25.3. The number of piperidine rings is 1. The van der Waals surface area contributed by atoms with E-state index in [1.165, 1.54) is 6.92 Å². The first-order valence-corrected chi connectivity index (χ1v) is 11.7. The number of H-pyrrole nitrogens is 1. The molecule has 9 heteroatoms. The maximum absolute atomic E-state index is 12.4. The van der Waals surface area contributed by atoms with Gasteiger partial charge in [-0.25, -0.2) is 4.79 Å². The van der Waals surface area contributed by atoms with E-state index in [4.69, 9.17) is 10.5 Å². The summed E-state index contributed by atoms with van der Waals surface area (Å²) in [6, 6.07) is 11.1. The van der Waals surface area contributed by atoms with Gasteiger partial charge in [0.05, 0.1) is 5.56 Å². The van der Waals surface area contributed by atoms with Crippen molar-refractivity contribution in [3.05, 3.63) is 47.7 Å². The molecule has 0 spiro atoms. The van der Waals surface area contributed by atoms with Crippen LogP contribution < -0.4 is 11.1 Å². The van der Waals surface area contributed by atoms with E-state index in [-0.39, 0.29) is 17.9 Å². The minimum atomic E-state index is -0.551. The van der Waals surface area contributed by atoms with Gasteiger partial charge < -0.3 is 20.7 Å². The number of hydrogen-bond donors (Lipinski definition) is 3. The molecular weight excluding hydrogens is 446 g/mol. The van der Waals surface area contributed by atoms with Gasteiger partial charge in [-0.15, -0.1) is 0 Å². The van der Waals surface area contributed by atoms with E-state index in [9.17, 15) is 14.4 Å². The van der Waals surface area contributed by atoms with E-state index in [1.54, 1.807) is 11.0 Å². The van der Waals surface area contributed by atoms with Crippen LogP contribution in [0.5, 0.6) is 0 Å². The summed E-state index contributed by atoms with van der Waals surface area (Å²) in [6.07, 6.45) is 1.20. The minimum absolute atomic E-state index is 0.143. The van der Waals surface area contributed by atoms with Crippen LogP contribution in [0.25, 0.3) is 22.0 Å². The first-order valence-electron chi connectivity index (χ1n) is 11.7. The predicted octanol–water partition coefficient (Wildman–Crippen LogP) is 4.40. The maximum Gasteiger partial charge on any atom is 0.410 e. The SMILES string of the molecule is CC(=O)Nc1ccc(-c2cc(C(N)=O)c3n[nH]c(C4CCN(C(=O)OC(C)(C)C)CC4)c3c2)cc1. The van der Waals surface area contributed by atoms with Crippen LogP contribution in [0.4, 0.5) is 10.5 Å². The standard InChI is InChI=1S/C26H31N5O4/c1-15(32)28-19-7-5-16(6-8-19)18-13-20-22(29-30-23(20)21(14-18)24(27)33)17-9-11-31(12-10-17)25(34)35-26(2,3)4/h5-8,13-14,17H,9-12H2,1-4H3,(H2,27,33)(H,28,32)(H,29,30). The molecule has 0 atom stereocenters. The summed E-state index contributed by atoms with van der Waals surface area (Å²) >= 11 is 0. The second-order valence-electron chi connectivity index (χ2n) is 9.92. The number of amides is 3. The molecule has 1 saturated heterocycles. The Labute approximate surface area is 204 Å². The summed E-state index contributed by atoms with van der Waals surface area (Å²) in [7, 11) is 0.